The maximum atomic E-state index is 0. The predicted molar refractivity (Wildman–Crippen MR) is 13.5 cm³/mol. The molecule has 7 heavy (non-hydrogen) atoms. The van der Waals surface area contributed by atoms with Crippen LogP contribution in [0.25, 0.3) is 0 Å². The Kier molecular flexibility index (Phi) is 2130. The van der Waals surface area contributed by atoms with Crippen LogP contribution in [0, 0.1) is 0 Å². The van der Waals surface area contributed by atoms with Crippen molar-refractivity contribution in [3.63, 3.8) is 0 Å². The van der Waals surface area contributed by atoms with Crippen LogP contribution >= 0.6 is 0 Å². The Morgan fingerprint density at radius 2 is 0.571 bits per heavy atom. The standard InChI is InChI=1S/Bi.Fe.4H2O.Ti/h;;4*1H2;/q+3;+2;;;;;/p-4. The van der Waals surface area contributed by atoms with Crippen LogP contribution in [-0.4, -0.2) is 48.1 Å². The van der Waals surface area contributed by atoms with Crippen molar-refractivity contribution >= 4 is 26.2 Å². The zero-order valence-corrected chi connectivity index (χ0v) is 9.23. The maximum absolute atomic E-state index is 0. The molecule has 0 aromatic carbocycles. The minimum atomic E-state index is 0. The van der Waals surface area contributed by atoms with Gasteiger partial charge in [-0.25, -0.2) is 0 Å². The zero-order valence-electron chi connectivity index (χ0n) is 3.09. The SMILES string of the molecule is [Bi+3].[Fe+2].[OH-].[OH-].[OH-].[OH-].[Ti]. The van der Waals surface area contributed by atoms with Gasteiger partial charge in [0, 0.05) is 21.7 Å². The summed E-state index contributed by atoms with van der Waals surface area (Å²) >= 11 is 0. The van der Waals surface area contributed by atoms with E-state index in [0.29, 0.717) is 0 Å². The first kappa shape index (κ1) is 148. The smallest absolute Gasteiger partial charge is 0.870 e. The minimum Gasteiger partial charge on any atom is -0.870 e. The van der Waals surface area contributed by atoms with Gasteiger partial charge in [0.2, 0.25) is 0 Å². The van der Waals surface area contributed by atoms with Crippen LogP contribution in [0.1, 0.15) is 0 Å². The van der Waals surface area contributed by atoms with Gasteiger partial charge in [-0.2, -0.15) is 0 Å². The molecule has 0 bridgehead atoms. The monoisotopic (exact) mass is 381 g/mol. The van der Waals surface area contributed by atoms with Crippen LogP contribution < -0.4 is 0 Å². The fraction of sp³-hybridized carbons (Fsp3) is 0. The third-order valence-electron chi connectivity index (χ3n) is 0. The molecule has 0 fully saturated rings. The maximum Gasteiger partial charge on any atom is 3.00 e. The van der Waals surface area contributed by atoms with Crippen molar-refractivity contribution in [1.82, 2.24) is 0 Å². The molecule has 0 heterocycles. The van der Waals surface area contributed by atoms with E-state index in [1.54, 1.807) is 0 Å². The van der Waals surface area contributed by atoms with Crippen molar-refractivity contribution in [2.45, 2.75) is 0 Å². The molecule has 0 unspecified atom stereocenters. The number of hydrogen-bond donors (Lipinski definition) is 0. The molecule has 0 aromatic rings. The van der Waals surface area contributed by atoms with E-state index in [1.165, 1.54) is 0 Å². The summed E-state index contributed by atoms with van der Waals surface area (Å²) in [4.78, 5) is 0. The average Bonchev–Trinajstić information content (AvgIpc) is 0. The van der Waals surface area contributed by atoms with Gasteiger partial charge in [-0.3, -0.25) is 0 Å². The molecule has 0 rings (SSSR count). The summed E-state index contributed by atoms with van der Waals surface area (Å²) in [5, 5.41) is 0. The normalized spacial score (nSPS) is 0. The Bertz CT molecular complexity index is 11.7. The van der Waals surface area contributed by atoms with Gasteiger partial charge in [-0.05, 0) is 0 Å². The number of rotatable bonds is 0. The van der Waals surface area contributed by atoms with Crippen LogP contribution in [0.4, 0.5) is 0 Å². The third kappa shape index (κ3) is 73.7. The summed E-state index contributed by atoms with van der Waals surface area (Å²) < 4.78 is 0. The summed E-state index contributed by atoms with van der Waals surface area (Å²) in [6.45, 7) is 0. The molecule has 4 nitrogen and oxygen atoms in total. The summed E-state index contributed by atoms with van der Waals surface area (Å²) in [5.74, 6) is 0. The predicted octanol–water partition coefficient (Wildman–Crippen LogP) is -1.09. The topological polar surface area (TPSA) is 120 Å². The van der Waals surface area contributed by atoms with Crippen LogP contribution in [0.5, 0.6) is 0 Å². The molecule has 7 heteroatoms. The Labute approximate surface area is 86.1 Å². The number of hydrogen-bond acceptors (Lipinski definition) is 4. The summed E-state index contributed by atoms with van der Waals surface area (Å²) in [7, 11) is 0. The minimum absolute atomic E-state index is 0. The largest absolute Gasteiger partial charge is 3.00 e. The van der Waals surface area contributed by atoms with Gasteiger partial charge in [0.05, 0.1) is 0 Å². The van der Waals surface area contributed by atoms with E-state index >= 15 is 0 Å². The molecule has 0 aliphatic carbocycles. The van der Waals surface area contributed by atoms with Gasteiger partial charge in [-0.1, -0.05) is 0 Å². The van der Waals surface area contributed by atoms with Gasteiger partial charge in [-0.15, -0.1) is 0 Å². The van der Waals surface area contributed by atoms with Gasteiger partial charge in [0.25, 0.3) is 0 Å². The Morgan fingerprint density at radius 1 is 0.571 bits per heavy atom. The molecule has 0 aliphatic rings. The molecule has 4 N–H and O–H groups in total. The second-order valence-corrected chi connectivity index (χ2v) is 0. The van der Waals surface area contributed by atoms with Crippen molar-refractivity contribution in [2.75, 3.05) is 0 Å². The van der Waals surface area contributed by atoms with Crippen LogP contribution in [0.2, 0.25) is 0 Å². The summed E-state index contributed by atoms with van der Waals surface area (Å²) in [5.41, 5.74) is 0. The molecule has 2 radical (unpaired) electrons. The van der Waals surface area contributed by atoms with E-state index in [1.807, 2.05) is 0 Å². The fourth-order valence-corrected chi connectivity index (χ4v) is 0. The summed E-state index contributed by atoms with van der Waals surface area (Å²) in [6, 6.07) is 0. The van der Waals surface area contributed by atoms with Crippen molar-refractivity contribution in [3.05, 3.63) is 0 Å². The molecule has 0 atom stereocenters. The van der Waals surface area contributed by atoms with E-state index in [9.17, 15) is 0 Å². The molecule has 0 aromatic heterocycles. The third-order valence-corrected chi connectivity index (χ3v) is 0. The molecular formula is H4BiFeO4Ti+. The molecule has 44 valence electrons. The molecule has 0 aliphatic heterocycles. The van der Waals surface area contributed by atoms with E-state index < -0.39 is 0 Å². The first-order chi connectivity index (χ1) is 0. The van der Waals surface area contributed by atoms with E-state index in [0.717, 1.165) is 0 Å². The average molecular weight is 381 g/mol. The Hall–Kier alpha value is 1.96. The van der Waals surface area contributed by atoms with Gasteiger partial charge in [0.15, 0.2) is 0 Å². The van der Waals surface area contributed by atoms with Gasteiger partial charge < -0.3 is 21.9 Å². The molecule has 0 saturated heterocycles. The second kappa shape index (κ2) is 101. The Balaban J connectivity index is 0. The quantitative estimate of drug-likeness (QED) is 0.496. The van der Waals surface area contributed by atoms with E-state index in [4.69, 9.17) is 0 Å². The second-order valence-electron chi connectivity index (χ2n) is 0. The van der Waals surface area contributed by atoms with Gasteiger partial charge >= 0.3 is 43.3 Å². The van der Waals surface area contributed by atoms with E-state index in [2.05, 4.69) is 0 Å². The van der Waals surface area contributed by atoms with Crippen molar-refractivity contribution in [2.24, 2.45) is 0 Å². The van der Waals surface area contributed by atoms with E-state index in [-0.39, 0.29) is 86.9 Å². The molecule has 0 amide bonds. The first-order valence-corrected chi connectivity index (χ1v) is 0. The van der Waals surface area contributed by atoms with Crippen molar-refractivity contribution in [1.29, 1.82) is 0 Å². The van der Waals surface area contributed by atoms with Crippen molar-refractivity contribution in [3.8, 4) is 0 Å². The molecule has 0 saturated carbocycles. The zero-order chi connectivity index (χ0) is 0. The fourth-order valence-electron chi connectivity index (χ4n) is 0. The van der Waals surface area contributed by atoms with Gasteiger partial charge in [0.1, 0.15) is 0 Å². The van der Waals surface area contributed by atoms with Crippen LogP contribution in [0.3, 0.4) is 0 Å². The van der Waals surface area contributed by atoms with Crippen LogP contribution in [-0.2, 0) is 38.8 Å². The Morgan fingerprint density at radius 3 is 0.571 bits per heavy atom. The first-order valence-electron chi connectivity index (χ1n) is 0. The molecule has 0 spiro atoms. The summed E-state index contributed by atoms with van der Waals surface area (Å²) in [6.07, 6.45) is 0. The van der Waals surface area contributed by atoms with Crippen LogP contribution in [0.15, 0.2) is 0 Å². The van der Waals surface area contributed by atoms with Crippen molar-refractivity contribution < 1.29 is 60.7 Å². The molecular weight excluding hydrogens is 377 g/mol.